The van der Waals surface area contributed by atoms with Gasteiger partial charge in [-0.25, -0.2) is 0 Å². The van der Waals surface area contributed by atoms with Crippen molar-refractivity contribution >= 4 is 5.91 Å². The van der Waals surface area contributed by atoms with E-state index in [1.54, 1.807) is 7.11 Å². The van der Waals surface area contributed by atoms with E-state index in [1.165, 1.54) is 0 Å². The highest BCUT2D eigenvalue weighted by Gasteiger charge is 2.38. The first-order valence-corrected chi connectivity index (χ1v) is 4.65. The predicted molar refractivity (Wildman–Crippen MR) is 48.3 cm³/mol. The minimum atomic E-state index is -0.209. The lowest BCUT2D eigenvalue weighted by molar-refractivity contribution is -0.134. The average Bonchev–Trinajstić information content (AvgIpc) is 2.08. The van der Waals surface area contributed by atoms with Crippen LogP contribution in [0.3, 0.4) is 0 Å². The van der Waals surface area contributed by atoms with Gasteiger partial charge in [0.2, 0.25) is 5.91 Å². The fourth-order valence-corrected chi connectivity index (χ4v) is 1.57. The number of ether oxygens (including phenoxy) is 1. The van der Waals surface area contributed by atoms with Crippen LogP contribution in [0.25, 0.3) is 0 Å². The Bertz CT molecular complexity index is 172. The van der Waals surface area contributed by atoms with Crippen molar-refractivity contribution in [3.63, 3.8) is 0 Å². The zero-order valence-electron chi connectivity index (χ0n) is 8.01. The summed E-state index contributed by atoms with van der Waals surface area (Å²) >= 11 is 0. The Morgan fingerprint density at radius 2 is 2.31 bits per heavy atom. The van der Waals surface area contributed by atoms with Crippen LogP contribution in [0, 0.1) is 0 Å². The van der Waals surface area contributed by atoms with Gasteiger partial charge in [0.1, 0.15) is 0 Å². The molecule has 1 rings (SSSR count). The van der Waals surface area contributed by atoms with Crippen molar-refractivity contribution in [1.82, 2.24) is 5.32 Å². The third kappa shape index (κ3) is 2.67. The van der Waals surface area contributed by atoms with E-state index in [9.17, 15) is 4.79 Å². The van der Waals surface area contributed by atoms with Gasteiger partial charge in [0.05, 0.1) is 18.6 Å². The lowest BCUT2D eigenvalue weighted by Gasteiger charge is -2.39. The van der Waals surface area contributed by atoms with Crippen molar-refractivity contribution in [1.29, 1.82) is 0 Å². The molecule has 0 aromatic heterocycles. The van der Waals surface area contributed by atoms with E-state index in [0.717, 1.165) is 19.3 Å². The van der Waals surface area contributed by atoms with E-state index < -0.39 is 0 Å². The van der Waals surface area contributed by atoms with Gasteiger partial charge in [-0.05, 0) is 19.3 Å². The highest BCUT2D eigenvalue weighted by atomic mass is 16.5. The maximum atomic E-state index is 11.3. The summed E-state index contributed by atoms with van der Waals surface area (Å²) in [4.78, 5) is 11.3. The first-order chi connectivity index (χ1) is 6.22. The van der Waals surface area contributed by atoms with Gasteiger partial charge in [-0.15, -0.1) is 0 Å². The molecule has 1 saturated carbocycles. The SMILES string of the molecule is COC1(CC(=O)NCCO)CCC1. The molecule has 0 heterocycles. The molecule has 1 aliphatic carbocycles. The van der Waals surface area contributed by atoms with Gasteiger partial charge < -0.3 is 15.2 Å². The molecular weight excluding hydrogens is 170 g/mol. The van der Waals surface area contributed by atoms with Gasteiger partial charge in [-0.1, -0.05) is 0 Å². The van der Waals surface area contributed by atoms with Gasteiger partial charge in [-0.3, -0.25) is 4.79 Å². The van der Waals surface area contributed by atoms with Gasteiger partial charge >= 0.3 is 0 Å². The molecule has 0 atom stereocenters. The van der Waals surface area contributed by atoms with E-state index in [-0.39, 0.29) is 18.1 Å². The minimum Gasteiger partial charge on any atom is -0.395 e. The predicted octanol–water partition coefficient (Wildman–Crippen LogP) is 0.0541. The van der Waals surface area contributed by atoms with Crippen LogP contribution >= 0.6 is 0 Å². The molecule has 76 valence electrons. The zero-order chi connectivity index (χ0) is 9.73. The lowest BCUT2D eigenvalue weighted by Crippen LogP contribution is -2.44. The van der Waals surface area contributed by atoms with Gasteiger partial charge in [0.15, 0.2) is 0 Å². The minimum absolute atomic E-state index is 0.00821. The summed E-state index contributed by atoms with van der Waals surface area (Å²) in [6, 6.07) is 0. The highest BCUT2D eigenvalue weighted by Crippen LogP contribution is 2.37. The molecule has 0 saturated heterocycles. The number of nitrogens with one attached hydrogen (secondary N) is 1. The largest absolute Gasteiger partial charge is 0.395 e. The Morgan fingerprint density at radius 1 is 1.62 bits per heavy atom. The summed E-state index contributed by atoms with van der Waals surface area (Å²) < 4.78 is 5.30. The smallest absolute Gasteiger partial charge is 0.222 e. The first-order valence-electron chi connectivity index (χ1n) is 4.65. The van der Waals surface area contributed by atoms with E-state index >= 15 is 0 Å². The molecule has 1 fully saturated rings. The summed E-state index contributed by atoms with van der Waals surface area (Å²) in [6.45, 7) is 0.324. The number of hydrogen-bond acceptors (Lipinski definition) is 3. The topological polar surface area (TPSA) is 58.6 Å². The molecule has 0 aromatic carbocycles. The molecule has 0 radical (unpaired) electrons. The molecule has 1 aliphatic rings. The molecule has 2 N–H and O–H groups in total. The third-order valence-electron chi connectivity index (χ3n) is 2.61. The molecule has 4 nitrogen and oxygen atoms in total. The van der Waals surface area contributed by atoms with Crippen LogP contribution < -0.4 is 5.32 Å². The van der Waals surface area contributed by atoms with Crippen LogP contribution in [0.2, 0.25) is 0 Å². The van der Waals surface area contributed by atoms with Gasteiger partial charge in [-0.2, -0.15) is 0 Å². The summed E-state index contributed by atoms with van der Waals surface area (Å²) in [5.74, 6) is -0.0319. The molecule has 0 unspecified atom stereocenters. The Balaban J connectivity index is 2.25. The summed E-state index contributed by atoms with van der Waals surface area (Å²) in [7, 11) is 1.65. The van der Waals surface area contributed by atoms with Gasteiger partial charge in [0.25, 0.3) is 0 Å². The number of carbonyl (C=O) groups is 1. The Kier molecular flexibility index (Phi) is 3.69. The molecule has 0 spiro atoms. The monoisotopic (exact) mass is 187 g/mol. The summed E-state index contributed by atoms with van der Waals surface area (Å²) in [5.41, 5.74) is -0.209. The highest BCUT2D eigenvalue weighted by molar-refractivity contribution is 5.77. The fraction of sp³-hybridized carbons (Fsp3) is 0.889. The Labute approximate surface area is 78.3 Å². The number of hydrogen-bond donors (Lipinski definition) is 2. The van der Waals surface area contributed by atoms with Crippen molar-refractivity contribution < 1.29 is 14.6 Å². The second-order valence-corrected chi connectivity index (χ2v) is 3.49. The van der Waals surface area contributed by atoms with Crippen molar-refractivity contribution in [3.8, 4) is 0 Å². The Hall–Kier alpha value is -0.610. The molecule has 13 heavy (non-hydrogen) atoms. The van der Waals surface area contributed by atoms with Crippen molar-refractivity contribution in [2.45, 2.75) is 31.3 Å². The first kappa shape index (κ1) is 10.5. The van der Waals surface area contributed by atoms with Crippen molar-refractivity contribution in [2.24, 2.45) is 0 Å². The lowest BCUT2D eigenvalue weighted by atomic mass is 9.77. The average molecular weight is 187 g/mol. The molecule has 0 bridgehead atoms. The van der Waals surface area contributed by atoms with Crippen LogP contribution in [0.15, 0.2) is 0 Å². The fourth-order valence-electron chi connectivity index (χ4n) is 1.57. The van der Waals surface area contributed by atoms with Crippen LogP contribution in [0.4, 0.5) is 0 Å². The van der Waals surface area contributed by atoms with Crippen LogP contribution in [-0.2, 0) is 9.53 Å². The second-order valence-electron chi connectivity index (χ2n) is 3.49. The van der Waals surface area contributed by atoms with E-state index in [4.69, 9.17) is 9.84 Å². The van der Waals surface area contributed by atoms with Crippen LogP contribution in [0.5, 0.6) is 0 Å². The van der Waals surface area contributed by atoms with Gasteiger partial charge in [0, 0.05) is 13.7 Å². The van der Waals surface area contributed by atoms with Crippen molar-refractivity contribution in [3.05, 3.63) is 0 Å². The Morgan fingerprint density at radius 3 is 2.69 bits per heavy atom. The molecule has 0 aliphatic heterocycles. The number of aliphatic hydroxyl groups excluding tert-OH is 1. The summed E-state index contributed by atoms with van der Waals surface area (Å²) in [5, 5.41) is 11.1. The van der Waals surface area contributed by atoms with Crippen LogP contribution in [0.1, 0.15) is 25.7 Å². The number of methoxy groups -OCH3 is 1. The number of amides is 1. The maximum absolute atomic E-state index is 11.3. The van der Waals surface area contributed by atoms with Crippen molar-refractivity contribution in [2.75, 3.05) is 20.3 Å². The number of carbonyl (C=O) groups excluding carboxylic acids is 1. The normalized spacial score (nSPS) is 19.2. The molecule has 1 amide bonds. The molecule has 4 heteroatoms. The van der Waals surface area contributed by atoms with E-state index in [2.05, 4.69) is 5.32 Å². The standard InChI is InChI=1S/C9H17NO3/c1-13-9(3-2-4-9)7-8(12)10-5-6-11/h11H,2-7H2,1H3,(H,10,12). The van der Waals surface area contributed by atoms with Crippen LogP contribution in [-0.4, -0.2) is 36.9 Å². The zero-order valence-corrected chi connectivity index (χ0v) is 8.01. The number of rotatable bonds is 5. The quantitative estimate of drug-likeness (QED) is 0.639. The molecule has 0 aromatic rings. The van der Waals surface area contributed by atoms with E-state index in [1.807, 2.05) is 0 Å². The second kappa shape index (κ2) is 4.58. The maximum Gasteiger partial charge on any atom is 0.222 e. The third-order valence-corrected chi connectivity index (χ3v) is 2.61. The number of aliphatic hydroxyl groups is 1. The van der Waals surface area contributed by atoms with E-state index in [0.29, 0.717) is 13.0 Å². The summed E-state index contributed by atoms with van der Waals surface area (Å²) in [6.07, 6.45) is 3.50. The molecular formula is C9H17NO3.